The van der Waals surface area contributed by atoms with Gasteiger partial charge in [0, 0.05) is 11.8 Å². The van der Waals surface area contributed by atoms with Gasteiger partial charge in [0.25, 0.3) is 0 Å². The van der Waals surface area contributed by atoms with Crippen LogP contribution >= 0.6 is 11.6 Å². The lowest BCUT2D eigenvalue weighted by molar-refractivity contribution is -0.137. The Morgan fingerprint density at radius 2 is 1.89 bits per heavy atom. The summed E-state index contributed by atoms with van der Waals surface area (Å²) in [5.74, 6) is 0. The first-order chi connectivity index (χ1) is 12.8. The van der Waals surface area contributed by atoms with Crippen LogP contribution in [0.2, 0.25) is 5.15 Å². The number of aromatic nitrogens is 3. The topological polar surface area (TPSA) is 54.5 Å². The van der Waals surface area contributed by atoms with Crippen molar-refractivity contribution in [3.63, 3.8) is 0 Å². The lowest BCUT2D eigenvalue weighted by Gasteiger charge is -2.06. The van der Waals surface area contributed by atoms with Crippen LogP contribution in [0.4, 0.5) is 13.2 Å². The van der Waals surface area contributed by atoms with Gasteiger partial charge in [0.1, 0.15) is 11.2 Å². The number of pyridine rings is 1. The molecule has 8 heteroatoms. The molecule has 136 valence electrons. The summed E-state index contributed by atoms with van der Waals surface area (Å²) in [7, 11) is 0. The van der Waals surface area contributed by atoms with Crippen molar-refractivity contribution in [3.8, 4) is 11.8 Å². The number of alkyl halides is 3. The van der Waals surface area contributed by atoms with Gasteiger partial charge < -0.3 is 0 Å². The molecule has 0 aliphatic carbocycles. The first kappa shape index (κ1) is 18.7. The molecule has 0 atom stereocenters. The lowest BCUT2D eigenvalue weighted by atomic mass is 10.1. The van der Waals surface area contributed by atoms with E-state index in [4.69, 9.17) is 11.6 Å². The Morgan fingerprint density at radius 3 is 2.44 bits per heavy atom. The maximum atomic E-state index is 12.7. The van der Waals surface area contributed by atoms with Crippen molar-refractivity contribution in [2.75, 3.05) is 0 Å². The zero-order valence-electron chi connectivity index (χ0n) is 14.0. The van der Waals surface area contributed by atoms with Crippen LogP contribution < -0.4 is 0 Å². The molecule has 0 bridgehead atoms. The fourth-order valence-corrected chi connectivity index (χ4v) is 2.77. The lowest BCUT2D eigenvalue weighted by Crippen LogP contribution is -2.05. The summed E-state index contributed by atoms with van der Waals surface area (Å²) < 4.78 is 39.5. The van der Waals surface area contributed by atoms with E-state index in [0.29, 0.717) is 22.6 Å². The number of allylic oxidation sites excluding steroid dienone is 1. The number of aryl methyl sites for hydroxylation is 1. The number of nitriles is 1. The number of halogens is 4. The van der Waals surface area contributed by atoms with E-state index in [1.54, 1.807) is 6.92 Å². The quantitative estimate of drug-likeness (QED) is 0.571. The Labute approximate surface area is 158 Å². The number of benzene rings is 1. The zero-order chi connectivity index (χ0) is 19.6. The molecule has 2 heterocycles. The number of rotatable bonds is 3. The third-order valence-electron chi connectivity index (χ3n) is 3.82. The Balaban J connectivity index is 2.02. The van der Waals surface area contributed by atoms with Crippen LogP contribution in [0.25, 0.3) is 17.3 Å². The molecule has 0 aliphatic rings. The van der Waals surface area contributed by atoms with Gasteiger partial charge in [-0.3, -0.25) is 4.98 Å². The van der Waals surface area contributed by atoms with Crippen molar-refractivity contribution in [3.05, 3.63) is 76.3 Å². The Kier molecular flexibility index (Phi) is 5.02. The number of hydrogen-bond acceptors (Lipinski definition) is 3. The highest BCUT2D eigenvalue weighted by atomic mass is 35.5. The average Bonchev–Trinajstić information content (AvgIpc) is 2.94. The third kappa shape index (κ3) is 3.86. The SMILES string of the molecule is Cc1nn(-c2ccccc2)c(Cl)c1/C=C(\C#N)c1ccc(C(F)(F)F)cn1. The Hall–Kier alpha value is -3.11. The normalized spacial score (nSPS) is 12.1. The van der Waals surface area contributed by atoms with Crippen LogP contribution in [0.3, 0.4) is 0 Å². The van der Waals surface area contributed by atoms with Crippen molar-refractivity contribution in [1.82, 2.24) is 14.8 Å². The fourth-order valence-electron chi connectivity index (χ4n) is 2.44. The predicted molar refractivity (Wildman–Crippen MR) is 96.0 cm³/mol. The first-order valence-corrected chi connectivity index (χ1v) is 8.15. The van der Waals surface area contributed by atoms with Crippen LogP contribution in [0, 0.1) is 18.3 Å². The molecule has 0 N–H and O–H groups in total. The smallest absolute Gasteiger partial charge is 0.255 e. The minimum Gasteiger partial charge on any atom is -0.255 e. The van der Waals surface area contributed by atoms with Crippen LogP contribution in [0.1, 0.15) is 22.5 Å². The van der Waals surface area contributed by atoms with Gasteiger partial charge in [-0.1, -0.05) is 29.8 Å². The van der Waals surface area contributed by atoms with E-state index in [1.807, 2.05) is 36.4 Å². The van der Waals surface area contributed by atoms with E-state index < -0.39 is 11.7 Å². The maximum absolute atomic E-state index is 12.7. The van der Waals surface area contributed by atoms with Crippen LogP contribution in [-0.2, 0) is 6.18 Å². The maximum Gasteiger partial charge on any atom is 0.417 e. The monoisotopic (exact) mass is 388 g/mol. The standard InChI is InChI=1S/C19H12ClF3N4/c1-12-16(18(20)27(26-12)15-5-3-2-4-6-15)9-13(10-24)17-8-7-14(11-25-17)19(21,22)23/h2-9,11H,1H3/b13-9+. The van der Waals surface area contributed by atoms with Crippen LogP contribution in [0.15, 0.2) is 48.7 Å². The first-order valence-electron chi connectivity index (χ1n) is 7.77. The summed E-state index contributed by atoms with van der Waals surface area (Å²) >= 11 is 6.42. The van der Waals surface area contributed by atoms with Crippen molar-refractivity contribution in [1.29, 1.82) is 5.26 Å². The van der Waals surface area contributed by atoms with Crippen molar-refractivity contribution < 1.29 is 13.2 Å². The van der Waals surface area contributed by atoms with E-state index in [0.717, 1.165) is 17.8 Å². The van der Waals surface area contributed by atoms with Crippen molar-refractivity contribution >= 4 is 23.3 Å². The molecule has 0 saturated heterocycles. The summed E-state index contributed by atoms with van der Waals surface area (Å²) in [5.41, 5.74) is 1.14. The van der Waals surface area contributed by atoms with Gasteiger partial charge in [-0.2, -0.15) is 23.5 Å². The summed E-state index contributed by atoms with van der Waals surface area (Å²) in [4.78, 5) is 3.76. The van der Waals surface area contributed by atoms with Gasteiger partial charge in [0.2, 0.25) is 0 Å². The second-order valence-corrected chi connectivity index (χ2v) is 5.99. The highest BCUT2D eigenvalue weighted by Gasteiger charge is 2.30. The number of hydrogen-bond donors (Lipinski definition) is 0. The fraction of sp³-hybridized carbons (Fsp3) is 0.105. The predicted octanol–water partition coefficient (Wildman–Crippen LogP) is 5.31. The molecule has 0 fully saturated rings. The Bertz CT molecular complexity index is 1030. The molecule has 0 amide bonds. The minimum absolute atomic E-state index is 0.0846. The molecule has 0 aliphatic heterocycles. The molecule has 27 heavy (non-hydrogen) atoms. The van der Waals surface area contributed by atoms with Crippen LogP contribution in [-0.4, -0.2) is 14.8 Å². The molecule has 4 nitrogen and oxygen atoms in total. The van der Waals surface area contributed by atoms with Gasteiger partial charge in [0.15, 0.2) is 0 Å². The molecular weight excluding hydrogens is 377 g/mol. The Morgan fingerprint density at radius 1 is 1.19 bits per heavy atom. The van der Waals surface area contributed by atoms with Gasteiger partial charge in [-0.15, -0.1) is 0 Å². The molecule has 0 spiro atoms. The molecule has 1 aromatic carbocycles. The third-order valence-corrected chi connectivity index (χ3v) is 4.19. The van der Waals surface area contributed by atoms with E-state index >= 15 is 0 Å². The van der Waals surface area contributed by atoms with Gasteiger partial charge in [0.05, 0.1) is 28.2 Å². The van der Waals surface area contributed by atoms with Gasteiger partial charge in [-0.25, -0.2) is 4.68 Å². The summed E-state index contributed by atoms with van der Waals surface area (Å²) in [6, 6.07) is 13.2. The van der Waals surface area contributed by atoms with E-state index in [2.05, 4.69) is 10.1 Å². The largest absolute Gasteiger partial charge is 0.417 e. The summed E-state index contributed by atoms with van der Waals surface area (Å²) in [5, 5.41) is 14.1. The molecule has 0 saturated carbocycles. The van der Waals surface area contributed by atoms with Crippen LogP contribution in [0.5, 0.6) is 0 Å². The van der Waals surface area contributed by atoms with Gasteiger partial charge in [-0.05, 0) is 37.3 Å². The van der Waals surface area contributed by atoms with Crippen molar-refractivity contribution in [2.45, 2.75) is 13.1 Å². The van der Waals surface area contributed by atoms with E-state index in [-0.39, 0.29) is 11.3 Å². The number of nitrogens with zero attached hydrogens (tertiary/aromatic N) is 4. The second-order valence-electron chi connectivity index (χ2n) is 5.64. The highest BCUT2D eigenvalue weighted by Crippen LogP contribution is 2.30. The molecule has 2 aromatic heterocycles. The molecular formula is C19H12ClF3N4. The highest BCUT2D eigenvalue weighted by molar-refractivity contribution is 6.31. The summed E-state index contributed by atoms with van der Waals surface area (Å²) in [6.07, 6.45) is -2.32. The molecule has 0 unspecified atom stereocenters. The van der Waals surface area contributed by atoms with Gasteiger partial charge >= 0.3 is 6.18 Å². The van der Waals surface area contributed by atoms with E-state index in [9.17, 15) is 18.4 Å². The number of para-hydroxylation sites is 1. The molecule has 3 aromatic rings. The molecule has 0 radical (unpaired) electrons. The van der Waals surface area contributed by atoms with Crippen molar-refractivity contribution in [2.24, 2.45) is 0 Å². The minimum atomic E-state index is -4.49. The average molecular weight is 389 g/mol. The second kappa shape index (κ2) is 7.25. The summed E-state index contributed by atoms with van der Waals surface area (Å²) in [6.45, 7) is 1.73. The van der Waals surface area contributed by atoms with E-state index in [1.165, 1.54) is 10.8 Å². The molecule has 3 rings (SSSR count). The zero-order valence-corrected chi connectivity index (χ0v) is 14.8.